The fourth-order valence-electron chi connectivity index (χ4n) is 1.52. The molecule has 0 saturated carbocycles. The number of nitrogens with zero attached hydrogens (tertiary/aromatic N) is 3. The van der Waals surface area contributed by atoms with Gasteiger partial charge < -0.3 is 5.73 Å². The third-order valence-electron chi connectivity index (χ3n) is 2.34. The molecule has 0 amide bonds. The summed E-state index contributed by atoms with van der Waals surface area (Å²) in [5.74, 6) is -0.189. The molecule has 0 spiro atoms. The van der Waals surface area contributed by atoms with E-state index in [4.69, 9.17) is 11.0 Å². The highest BCUT2D eigenvalue weighted by Crippen LogP contribution is 2.26. The van der Waals surface area contributed by atoms with Crippen molar-refractivity contribution in [3.63, 3.8) is 0 Å². The number of nitrogen functional groups attached to an aromatic ring is 1. The van der Waals surface area contributed by atoms with Crippen LogP contribution >= 0.6 is 15.9 Å². The Labute approximate surface area is 106 Å². The van der Waals surface area contributed by atoms with Crippen LogP contribution in [-0.2, 0) is 0 Å². The Bertz CT molecular complexity index is 627. The average Bonchev–Trinajstić information content (AvgIpc) is 2.57. The van der Waals surface area contributed by atoms with Crippen molar-refractivity contribution in [1.82, 2.24) is 9.78 Å². The first-order valence-electron chi connectivity index (χ1n) is 4.75. The van der Waals surface area contributed by atoms with E-state index in [1.807, 2.05) is 6.07 Å². The summed E-state index contributed by atoms with van der Waals surface area (Å²) in [5, 5.41) is 13.0. The van der Waals surface area contributed by atoms with Gasteiger partial charge in [-0.25, -0.2) is 9.07 Å². The molecule has 6 heteroatoms. The molecule has 0 bridgehead atoms. The minimum absolute atomic E-state index is 0.205. The molecular formula is C11H8BrFN4. The van der Waals surface area contributed by atoms with Crippen molar-refractivity contribution in [2.45, 2.75) is 6.92 Å². The number of benzene rings is 1. The van der Waals surface area contributed by atoms with E-state index in [1.165, 1.54) is 16.8 Å². The van der Waals surface area contributed by atoms with Crippen LogP contribution in [0.5, 0.6) is 0 Å². The van der Waals surface area contributed by atoms with Crippen LogP contribution in [0.3, 0.4) is 0 Å². The molecule has 0 radical (unpaired) electrons. The fraction of sp³-hybridized carbons (Fsp3) is 0.0909. The minimum Gasteiger partial charge on any atom is -0.382 e. The van der Waals surface area contributed by atoms with Crippen LogP contribution in [0.1, 0.15) is 11.3 Å². The van der Waals surface area contributed by atoms with Crippen molar-refractivity contribution in [2.75, 3.05) is 5.73 Å². The summed E-state index contributed by atoms with van der Waals surface area (Å²) < 4.78 is 15.2. The summed E-state index contributed by atoms with van der Waals surface area (Å²) >= 11 is 3.29. The molecule has 0 aliphatic carbocycles. The smallest absolute Gasteiger partial charge is 0.145 e. The van der Waals surface area contributed by atoms with Gasteiger partial charge in [-0.05, 0) is 35.0 Å². The molecule has 1 aromatic carbocycles. The van der Waals surface area contributed by atoms with E-state index in [1.54, 1.807) is 13.0 Å². The van der Waals surface area contributed by atoms with E-state index in [9.17, 15) is 4.39 Å². The van der Waals surface area contributed by atoms with Gasteiger partial charge in [-0.15, -0.1) is 0 Å². The number of aryl methyl sites for hydroxylation is 1. The van der Waals surface area contributed by atoms with Gasteiger partial charge in [-0.3, -0.25) is 0 Å². The molecule has 0 atom stereocenters. The molecule has 4 nitrogen and oxygen atoms in total. The topological polar surface area (TPSA) is 67.6 Å². The lowest BCUT2D eigenvalue weighted by Crippen LogP contribution is -2.03. The molecule has 86 valence electrons. The maximum absolute atomic E-state index is 13.2. The van der Waals surface area contributed by atoms with Crippen molar-refractivity contribution in [3.8, 4) is 11.8 Å². The van der Waals surface area contributed by atoms with Gasteiger partial charge >= 0.3 is 0 Å². The Morgan fingerprint density at radius 1 is 1.53 bits per heavy atom. The van der Waals surface area contributed by atoms with Gasteiger partial charge in [0, 0.05) is 10.5 Å². The number of aromatic nitrogens is 2. The highest BCUT2D eigenvalue weighted by Gasteiger charge is 2.15. The van der Waals surface area contributed by atoms with E-state index >= 15 is 0 Å². The molecule has 0 fully saturated rings. The summed E-state index contributed by atoms with van der Waals surface area (Å²) in [6.07, 6.45) is 0. The number of hydrogen-bond acceptors (Lipinski definition) is 3. The van der Waals surface area contributed by atoms with Crippen LogP contribution in [0.2, 0.25) is 0 Å². The quantitative estimate of drug-likeness (QED) is 0.879. The number of halogens is 2. The Hall–Kier alpha value is -1.87. The van der Waals surface area contributed by atoms with Gasteiger partial charge in [0.05, 0.1) is 11.4 Å². The van der Waals surface area contributed by atoms with Crippen molar-refractivity contribution in [2.24, 2.45) is 0 Å². The molecule has 1 heterocycles. The molecule has 2 rings (SSSR count). The number of nitriles is 1. The van der Waals surface area contributed by atoms with E-state index < -0.39 is 5.82 Å². The molecule has 0 saturated heterocycles. The Morgan fingerprint density at radius 2 is 2.24 bits per heavy atom. The van der Waals surface area contributed by atoms with Crippen molar-refractivity contribution < 1.29 is 4.39 Å². The van der Waals surface area contributed by atoms with E-state index in [0.29, 0.717) is 21.4 Å². The lowest BCUT2D eigenvalue weighted by Gasteiger charge is -2.06. The molecule has 1 aromatic heterocycles. The van der Waals surface area contributed by atoms with Gasteiger partial charge in [0.15, 0.2) is 0 Å². The van der Waals surface area contributed by atoms with Gasteiger partial charge in [-0.2, -0.15) is 10.4 Å². The third-order valence-corrected chi connectivity index (χ3v) is 3.01. The number of nitrogens with two attached hydrogens (primary N) is 1. The number of hydrogen-bond donors (Lipinski definition) is 1. The zero-order valence-corrected chi connectivity index (χ0v) is 10.5. The number of anilines is 1. The third kappa shape index (κ3) is 1.89. The predicted molar refractivity (Wildman–Crippen MR) is 65.1 cm³/mol. The first kappa shape index (κ1) is 11.6. The molecule has 2 aromatic rings. The largest absolute Gasteiger partial charge is 0.382 e. The summed E-state index contributed by atoms with van der Waals surface area (Å²) in [5.41, 5.74) is 7.09. The van der Waals surface area contributed by atoms with Crippen molar-refractivity contribution >= 4 is 21.7 Å². The van der Waals surface area contributed by atoms with Gasteiger partial charge in [0.1, 0.15) is 23.3 Å². The standard InChI is InChI=1S/C11H8BrFN4/c1-6-8(5-14)11(15)17(16-6)10-4-7(13)2-3-9(10)12/h2-4H,15H2,1H3. The second-order valence-electron chi connectivity index (χ2n) is 3.46. The van der Waals surface area contributed by atoms with E-state index in [2.05, 4.69) is 21.0 Å². The van der Waals surface area contributed by atoms with Crippen LogP contribution in [0.4, 0.5) is 10.2 Å². The molecule has 17 heavy (non-hydrogen) atoms. The van der Waals surface area contributed by atoms with Crippen molar-refractivity contribution in [1.29, 1.82) is 5.26 Å². The van der Waals surface area contributed by atoms with E-state index in [-0.39, 0.29) is 5.82 Å². The zero-order chi connectivity index (χ0) is 12.6. The van der Waals surface area contributed by atoms with Crippen molar-refractivity contribution in [3.05, 3.63) is 39.7 Å². The SMILES string of the molecule is Cc1nn(-c2cc(F)ccc2Br)c(N)c1C#N. The monoisotopic (exact) mass is 294 g/mol. The average molecular weight is 295 g/mol. The van der Waals surface area contributed by atoms with Gasteiger partial charge in [-0.1, -0.05) is 0 Å². The lowest BCUT2D eigenvalue weighted by molar-refractivity contribution is 0.625. The summed E-state index contributed by atoms with van der Waals surface area (Å²) in [6.45, 7) is 1.68. The Morgan fingerprint density at radius 3 is 2.82 bits per heavy atom. The fourth-order valence-corrected chi connectivity index (χ4v) is 1.93. The highest BCUT2D eigenvalue weighted by molar-refractivity contribution is 9.10. The Balaban J connectivity index is 2.70. The molecule has 2 N–H and O–H groups in total. The molecular weight excluding hydrogens is 287 g/mol. The summed E-state index contributed by atoms with van der Waals surface area (Å²) in [6, 6.07) is 6.16. The van der Waals surface area contributed by atoms with Crippen LogP contribution < -0.4 is 5.73 Å². The first-order chi connectivity index (χ1) is 8.04. The second-order valence-corrected chi connectivity index (χ2v) is 4.32. The van der Waals surface area contributed by atoms with Crippen LogP contribution in [0.15, 0.2) is 22.7 Å². The summed E-state index contributed by atoms with van der Waals surface area (Å²) in [4.78, 5) is 0. The maximum Gasteiger partial charge on any atom is 0.145 e. The van der Waals surface area contributed by atoms with E-state index in [0.717, 1.165) is 0 Å². The van der Waals surface area contributed by atoms with Crippen LogP contribution in [0.25, 0.3) is 5.69 Å². The molecule has 0 aliphatic heterocycles. The van der Waals surface area contributed by atoms with Gasteiger partial charge in [0.2, 0.25) is 0 Å². The lowest BCUT2D eigenvalue weighted by atomic mass is 10.2. The first-order valence-corrected chi connectivity index (χ1v) is 5.54. The minimum atomic E-state index is -0.394. The van der Waals surface area contributed by atoms with Gasteiger partial charge in [0.25, 0.3) is 0 Å². The summed E-state index contributed by atoms with van der Waals surface area (Å²) in [7, 11) is 0. The highest BCUT2D eigenvalue weighted by atomic mass is 79.9. The second kappa shape index (κ2) is 4.18. The predicted octanol–water partition coefficient (Wildman–Crippen LogP) is 2.54. The Kier molecular flexibility index (Phi) is 2.86. The van der Waals surface area contributed by atoms with Crippen LogP contribution in [-0.4, -0.2) is 9.78 Å². The maximum atomic E-state index is 13.2. The molecule has 0 aliphatic rings. The van der Waals surface area contributed by atoms with Crippen LogP contribution in [0, 0.1) is 24.1 Å². The normalized spacial score (nSPS) is 10.2. The number of rotatable bonds is 1. The zero-order valence-electron chi connectivity index (χ0n) is 8.91. The molecule has 0 unspecified atom stereocenters.